The molecule has 1 aromatic carbocycles. The highest BCUT2D eigenvalue weighted by molar-refractivity contribution is 7.90. The van der Waals surface area contributed by atoms with Crippen molar-refractivity contribution in [2.24, 2.45) is 0 Å². The lowest BCUT2D eigenvalue weighted by Gasteiger charge is -2.30. The second kappa shape index (κ2) is 7.71. The van der Waals surface area contributed by atoms with Crippen molar-refractivity contribution in [1.29, 1.82) is 0 Å². The smallest absolute Gasteiger partial charge is 0.407 e. The number of aromatic nitrogens is 2. The third kappa shape index (κ3) is 3.89. The van der Waals surface area contributed by atoms with Crippen molar-refractivity contribution in [3.8, 4) is 0 Å². The Kier molecular flexibility index (Phi) is 5.23. The van der Waals surface area contributed by atoms with Gasteiger partial charge in [0.2, 0.25) is 0 Å². The predicted molar refractivity (Wildman–Crippen MR) is 110 cm³/mol. The van der Waals surface area contributed by atoms with Crippen molar-refractivity contribution in [1.82, 2.24) is 14.5 Å². The number of fused-ring (bicyclic) bond motifs is 1. The number of rotatable bonds is 4. The maximum Gasteiger partial charge on any atom is 0.407 e. The van der Waals surface area contributed by atoms with Crippen molar-refractivity contribution < 1.29 is 22.7 Å². The number of sulfone groups is 1. The van der Waals surface area contributed by atoms with Gasteiger partial charge in [-0.15, -0.1) is 0 Å². The van der Waals surface area contributed by atoms with Crippen LogP contribution in [0.3, 0.4) is 0 Å². The molecule has 1 saturated heterocycles. The third-order valence-electron chi connectivity index (χ3n) is 5.67. The Bertz CT molecular complexity index is 1200. The number of piperidine rings is 1. The van der Waals surface area contributed by atoms with E-state index < -0.39 is 21.7 Å². The highest BCUT2D eigenvalue weighted by Crippen LogP contribution is 2.28. The molecule has 0 spiro atoms. The maximum absolute atomic E-state index is 14.6. The summed E-state index contributed by atoms with van der Waals surface area (Å²) in [5.74, 6) is -0.442. The molecule has 158 valence electrons. The molecular formula is C21H22FN3O4S. The zero-order chi connectivity index (χ0) is 21.5. The van der Waals surface area contributed by atoms with Crippen LogP contribution in [0, 0.1) is 5.82 Å². The molecule has 1 fully saturated rings. The Morgan fingerprint density at radius 1 is 1.20 bits per heavy atom. The lowest BCUT2D eigenvalue weighted by Crippen LogP contribution is -2.36. The number of pyridine rings is 1. The second-order valence-electron chi connectivity index (χ2n) is 7.65. The molecule has 1 amide bonds. The Balaban J connectivity index is 1.51. The van der Waals surface area contributed by atoms with Crippen LogP contribution in [0.25, 0.3) is 10.9 Å². The van der Waals surface area contributed by atoms with Gasteiger partial charge in [0.15, 0.2) is 15.7 Å². The van der Waals surface area contributed by atoms with Crippen LogP contribution < -0.4 is 0 Å². The zero-order valence-electron chi connectivity index (χ0n) is 16.5. The van der Waals surface area contributed by atoms with Gasteiger partial charge in [-0.3, -0.25) is 4.98 Å². The van der Waals surface area contributed by atoms with E-state index in [1.54, 1.807) is 18.3 Å². The minimum absolute atomic E-state index is 0.264. The Morgan fingerprint density at radius 3 is 2.53 bits per heavy atom. The highest BCUT2D eigenvalue weighted by atomic mass is 32.2. The molecule has 7 nitrogen and oxygen atoms in total. The lowest BCUT2D eigenvalue weighted by molar-refractivity contribution is 0.132. The molecule has 2 aromatic heterocycles. The van der Waals surface area contributed by atoms with Gasteiger partial charge in [-0.1, -0.05) is 6.07 Å². The molecule has 1 aliphatic heterocycles. The Hall–Kier alpha value is -2.94. The van der Waals surface area contributed by atoms with Gasteiger partial charge in [-0.05, 0) is 48.6 Å². The molecule has 0 radical (unpaired) electrons. The number of carboxylic acid groups (broad SMARTS) is 1. The van der Waals surface area contributed by atoms with Crippen molar-refractivity contribution in [3.63, 3.8) is 0 Å². The van der Waals surface area contributed by atoms with Crippen molar-refractivity contribution in [2.45, 2.75) is 30.2 Å². The van der Waals surface area contributed by atoms with Crippen LogP contribution in [0.4, 0.5) is 9.18 Å². The van der Waals surface area contributed by atoms with Crippen LogP contribution in [0.15, 0.2) is 47.6 Å². The van der Waals surface area contributed by atoms with Gasteiger partial charge in [0, 0.05) is 37.1 Å². The molecule has 0 atom stereocenters. The maximum atomic E-state index is 14.6. The summed E-state index contributed by atoms with van der Waals surface area (Å²) < 4.78 is 39.9. The van der Waals surface area contributed by atoms with E-state index in [1.165, 1.54) is 11.0 Å². The van der Waals surface area contributed by atoms with E-state index in [9.17, 15) is 17.6 Å². The molecule has 3 heterocycles. The van der Waals surface area contributed by atoms with Gasteiger partial charge in [0.25, 0.3) is 0 Å². The number of hydrogen-bond acceptors (Lipinski definition) is 4. The molecule has 1 aliphatic rings. The Labute approximate surface area is 173 Å². The van der Waals surface area contributed by atoms with Crippen LogP contribution in [-0.2, 0) is 16.4 Å². The van der Waals surface area contributed by atoms with Gasteiger partial charge in [-0.25, -0.2) is 17.6 Å². The number of nitrogens with zero attached hydrogens (tertiary/aromatic N) is 3. The van der Waals surface area contributed by atoms with Crippen LogP contribution in [-0.4, -0.2) is 53.4 Å². The van der Waals surface area contributed by atoms with Gasteiger partial charge in [0.05, 0.1) is 17.8 Å². The fourth-order valence-electron chi connectivity index (χ4n) is 3.99. The number of likely N-dealkylation sites (tertiary alicyclic amines) is 1. The fourth-order valence-corrected chi connectivity index (χ4v) is 4.74. The summed E-state index contributed by atoms with van der Waals surface area (Å²) in [5, 5.41) is 9.32. The van der Waals surface area contributed by atoms with E-state index in [4.69, 9.17) is 5.11 Å². The van der Waals surface area contributed by atoms with E-state index in [-0.39, 0.29) is 16.2 Å². The van der Waals surface area contributed by atoms with Gasteiger partial charge >= 0.3 is 6.09 Å². The first-order valence-electron chi connectivity index (χ1n) is 9.64. The summed E-state index contributed by atoms with van der Waals surface area (Å²) >= 11 is 0. The molecule has 0 unspecified atom stereocenters. The zero-order valence-corrected chi connectivity index (χ0v) is 17.3. The van der Waals surface area contributed by atoms with E-state index in [0.29, 0.717) is 25.2 Å². The van der Waals surface area contributed by atoms with Crippen molar-refractivity contribution >= 4 is 26.8 Å². The molecule has 0 bridgehead atoms. The van der Waals surface area contributed by atoms with Crippen molar-refractivity contribution in [2.75, 3.05) is 19.3 Å². The number of hydrogen-bond donors (Lipinski definition) is 1. The highest BCUT2D eigenvalue weighted by Gasteiger charge is 2.23. The number of amides is 1. The lowest BCUT2D eigenvalue weighted by atomic mass is 9.90. The monoisotopic (exact) mass is 431 g/mol. The van der Waals surface area contributed by atoms with E-state index in [1.807, 2.05) is 22.9 Å². The second-order valence-corrected chi connectivity index (χ2v) is 9.64. The summed E-state index contributed by atoms with van der Waals surface area (Å²) in [6, 6.07) is 8.41. The molecule has 0 aliphatic carbocycles. The molecule has 1 N–H and O–H groups in total. The molecule has 9 heteroatoms. The van der Waals surface area contributed by atoms with E-state index >= 15 is 0 Å². The third-order valence-corrected chi connectivity index (χ3v) is 6.78. The predicted octanol–water partition coefficient (Wildman–Crippen LogP) is 3.48. The average Bonchev–Trinajstić information content (AvgIpc) is 3.12. The first kappa shape index (κ1) is 20.3. The number of benzene rings is 1. The first-order chi connectivity index (χ1) is 14.2. The fraction of sp³-hybridized carbons (Fsp3) is 0.333. The summed E-state index contributed by atoms with van der Waals surface area (Å²) in [6.45, 7) is 1.48. The standard InChI is InChI=1S/C21H22FN3O4S/c1-30(28,29)19-5-4-18-17(20(19)22)8-11-25(18)13-16-3-2-15(12-23-16)14-6-9-24(10-7-14)21(26)27/h2-5,8,11-12,14H,6-7,9-10,13H2,1H3,(H,26,27). The molecule has 4 rings (SSSR count). The van der Waals surface area contributed by atoms with Crippen LogP contribution in [0.1, 0.15) is 30.0 Å². The largest absolute Gasteiger partial charge is 0.465 e. The van der Waals surface area contributed by atoms with Crippen LogP contribution >= 0.6 is 0 Å². The first-order valence-corrected chi connectivity index (χ1v) is 11.5. The molecule has 30 heavy (non-hydrogen) atoms. The van der Waals surface area contributed by atoms with E-state index in [0.717, 1.165) is 30.4 Å². The van der Waals surface area contributed by atoms with Crippen LogP contribution in [0.5, 0.6) is 0 Å². The minimum Gasteiger partial charge on any atom is -0.465 e. The summed E-state index contributed by atoms with van der Waals surface area (Å²) in [5.41, 5.74) is 2.49. The van der Waals surface area contributed by atoms with Gasteiger partial charge in [-0.2, -0.15) is 0 Å². The topological polar surface area (TPSA) is 92.5 Å². The number of carbonyl (C=O) groups is 1. The summed E-state index contributed by atoms with van der Waals surface area (Å²) in [4.78, 5) is 16.7. The minimum atomic E-state index is -3.63. The average molecular weight is 431 g/mol. The van der Waals surface area contributed by atoms with Gasteiger partial charge < -0.3 is 14.6 Å². The van der Waals surface area contributed by atoms with E-state index in [2.05, 4.69) is 4.98 Å². The number of halogens is 1. The Morgan fingerprint density at radius 2 is 1.93 bits per heavy atom. The van der Waals surface area contributed by atoms with Gasteiger partial charge in [0.1, 0.15) is 4.90 Å². The normalized spacial score (nSPS) is 15.6. The van der Waals surface area contributed by atoms with Crippen molar-refractivity contribution in [3.05, 3.63) is 59.8 Å². The molecule has 3 aromatic rings. The summed E-state index contributed by atoms with van der Waals surface area (Å²) in [7, 11) is -3.63. The molecular weight excluding hydrogens is 409 g/mol. The summed E-state index contributed by atoms with van der Waals surface area (Å²) in [6.07, 6.45) is 5.21. The SMILES string of the molecule is CS(=O)(=O)c1ccc2c(ccn2Cc2ccc(C3CCN(C(=O)O)CC3)cn2)c1F. The van der Waals surface area contributed by atoms with Crippen LogP contribution in [0.2, 0.25) is 0 Å². The molecule has 0 saturated carbocycles. The quantitative estimate of drug-likeness (QED) is 0.683.